The Kier molecular flexibility index (Phi) is 7.18. The summed E-state index contributed by atoms with van der Waals surface area (Å²) in [7, 11) is -2.11. The van der Waals surface area contributed by atoms with E-state index in [0.29, 0.717) is 29.6 Å². The number of hydrogen-bond acceptors (Lipinski definition) is 4. The average Bonchev–Trinajstić information content (AvgIpc) is 2.59. The van der Waals surface area contributed by atoms with Gasteiger partial charge in [0.15, 0.2) is 5.11 Å². The molecule has 0 aliphatic carbocycles. The van der Waals surface area contributed by atoms with E-state index in [4.69, 9.17) is 17.0 Å². The lowest BCUT2D eigenvalue weighted by atomic mass is 10.1. The Balaban J connectivity index is 2.21. The normalized spacial score (nSPS) is 11.1. The van der Waals surface area contributed by atoms with Gasteiger partial charge < -0.3 is 15.4 Å². The van der Waals surface area contributed by atoms with Crippen LogP contribution in [0.2, 0.25) is 0 Å². The van der Waals surface area contributed by atoms with Gasteiger partial charge >= 0.3 is 0 Å². The maximum absolute atomic E-state index is 12.8. The van der Waals surface area contributed by atoms with Gasteiger partial charge in [-0.3, -0.25) is 4.72 Å². The van der Waals surface area contributed by atoms with Gasteiger partial charge in [-0.2, -0.15) is 0 Å². The summed E-state index contributed by atoms with van der Waals surface area (Å²) in [5.41, 5.74) is 4.02. The van der Waals surface area contributed by atoms with Gasteiger partial charge in [0.2, 0.25) is 0 Å². The molecular formula is C19H25N3O3S2. The quantitative estimate of drug-likeness (QED) is 0.483. The SMILES string of the molecule is COCCNC(=S)Nc1cc(S(=O)(=O)Nc2ccc(C)cc2C)ccc1C. The van der Waals surface area contributed by atoms with E-state index in [-0.39, 0.29) is 4.90 Å². The van der Waals surface area contributed by atoms with Crippen LogP contribution >= 0.6 is 12.2 Å². The largest absolute Gasteiger partial charge is 0.383 e. The van der Waals surface area contributed by atoms with Gasteiger partial charge in [0.05, 0.1) is 17.2 Å². The molecule has 2 aromatic rings. The van der Waals surface area contributed by atoms with Crippen LogP contribution in [0.5, 0.6) is 0 Å². The van der Waals surface area contributed by atoms with Crippen LogP contribution in [-0.2, 0) is 14.8 Å². The molecule has 27 heavy (non-hydrogen) atoms. The van der Waals surface area contributed by atoms with E-state index in [1.165, 1.54) is 0 Å². The third kappa shape index (κ3) is 5.92. The van der Waals surface area contributed by atoms with Gasteiger partial charge in [-0.05, 0) is 62.3 Å². The molecule has 0 saturated carbocycles. The molecular weight excluding hydrogens is 382 g/mol. The van der Waals surface area contributed by atoms with Crippen molar-refractivity contribution in [1.82, 2.24) is 5.32 Å². The van der Waals surface area contributed by atoms with Gasteiger partial charge in [-0.15, -0.1) is 0 Å². The number of rotatable bonds is 7. The van der Waals surface area contributed by atoms with E-state index >= 15 is 0 Å². The number of benzene rings is 2. The molecule has 0 spiro atoms. The number of anilines is 2. The third-order valence-electron chi connectivity index (χ3n) is 3.99. The first-order chi connectivity index (χ1) is 12.7. The highest BCUT2D eigenvalue weighted by molar-refractivity contribution is 7.92. The molecule has 0 atom stereocenters. The highest BCUT2D eigenvalue weighted by atomic mass is 32.2. The fraction of sp³-hybridized carbons (Fsp3) is 0.316. The van der Waals surface area contributed by atoms with Crippen LogP contribution < -0.4 is 15.4 Å². The maximum atomic E-state index is 12.8. The molecule has 0 aromatic heterocycles. The van der Waals surface area contributed by atoms with E-state index in [2.05, 4.69) is 15.4 Å². The Morgan fingerprint density at radius 1 is 1.04 bits per heavy atom. The molecule has 8 heteroatoms. The van der Waals surface area contributed by atoms with Crippen LogP contribution in [0, 0.1) is 20.8 Å². The second-order valence-corrected chi connectivity index (χ2v) is 8.36. The predicted octanol–water partition coefficient (Wildman–Crippen LogP) is 3.35. The van der Waals surface area contributed by atoms with Crippen LogP contribution in [-0.4, -0.2) is 33.8 Å². The number of hydrogen-bond donors (Lipinski definition) is 3. The zero-order chi connectivity index (χ0) is 20.0. The summed E-state index contributed by atoms with van der Waals surface area (Å²) in [5.74, 6) is 0. The minimum absolute atomic E-state index is 0.162. The smallest absolute Gasteiger partial charge is 0.261 e. The molecule has 0 heterocycles. The van der Waals surface area contributed by atoms with Crippen molar-refractivity contribution < 1.29 is 13.2 Å². The summed E-state index contributed by atoms with van der Waals surface area (Å²) in [6.45, 7) is 6.81. The molecule has 0 bridgehead atoms. The van der Waals surface area contributed by atoms with Gasteiger partial charge in [-0.1, -0.05) is 23.8 Å². The number of sulfonamides is 1. The van der Waals surface area contributed by atoms with Crippen molar-refractivity contribution in [1.29, 1.82) is 0 Å². The van der Waals surface area contributed by atoms with E-state index < -0.39 is 10.0 Å². The first kappa shape index (κ1) is 21.1. The molecule has 0 radical (unpaired) electrons. The van der Waals surface area contributed by atoms with Gasteiger partial charge in [-0.25, -0.2) is 8.42 Å². The van der Waals surface area contributed by atoms with Crippen molar-refractivity contribution in [2.24, 2.45) is 0 Å². The van der Waals surface area contributed by atoms with Crippen LogP contribution in [0.3, 0.4) is 0 Å². The summed E-state index contributed by atoms with van der Waals surface area (Å²) in [6, 6.07) is 10.5. The van der Waals surface area contributed by atoms with Crippen LogP contribution in [0.4, 0.5) is 11.4 Å². The average molecular weight is 408 g/mol. The highest BCUT2D eigenvalue weighted by Gasteiger charge is 2.17. The lowest BCUT2D eigenvalue weighted by molar-refractivity contribution is 0.204. The van der Waals surface area contributed by atoms with E-state index in [1.807, 2.05) is 32.9 Å². The van der Waals surface area contributed by atoms with Crippen molar-refractivity contribution >= 4 is 38.7 Å². The summed E-state index contributed by atoms with van der Waals surface area (Å²) < 4.78 is 33.2. The molecule has 2 rings (SSSR count). The third-order valence-corrected chi connectivity index (χ3v) is 5.60. The van der Waals surface area contributed by atoms with Crippen LogP contribution in [0.1, 0.15) is 16.7 Å². The lowest BCUT2D eigenvalue weighted by Gasteiger charge is -2.15. The first-order valence-corrected chi connectivity index (χ1v) is 10.4. The number of ether oxygens (including phenoxy) is 1. The van der Waals surface area contributed by atoms with Crippen LogP contribution in [0.25, 0.3) is 0 Å². The number of nitrogens with one attached hydrogen (secondary N) is 3. The van der Waals surface area contributed by atoms with Crippen molar-refractivity contribution in [2.45, 2.75) is 25.7 Å². The maximum Gasteiger partial charge on any atom is 0.261 e. The molecule has 0 amide bonds. The minimum atomic E-state index is -3.72. The molecule has 2 aromatic carbocycles. The Morgan fingerprint density at radius 2 is 1.78 bits per heavy atom. The minimum Gasteiger partial charge on any atom is -0.383 e. The van der Waals surface area contributed by atoms with Crippen molar-refractivity contribution in [3.63, 3.8) is 0 Å². The number of thiocarbonyl (C=S) groups is 1. The summed E-state index contributed by atoms with van der Waals surface area (Å²) >= 11 is 5.24. The topological polar surface area (TPSA) is 79.5 Å². The molecule has 0 fully saturated rings. The Morgan fingerprint density at radius 3 is 2.44 bits per heavy atom. The standard InChI is InChI=1S/C19H25N3O3S2/c1-13-5-8-17(15(3)11-13)22-27(23,24)16-7-6-14(2)18(12-16)21-19(26)20-9-10-25-4/h5-8,11-12,22H,9-10H2,1-4H3,(H2,20,21,26). The van der Waals surface area contributed by atoms with Crippen molar-refractivity contribution in [3.8, 4) is 0 Å². The monoisotopic (exact) mass is 407 g/mol. The van der Waals surface area contributed by atoms with Gasteiger partial charge in [0.1, 0.15) is 0 Å². The molecule has 0 saturated heterocycles. The van der Waals surface area contributed by atoms with E-state index in [0.717, 1.165) is 16.7 Å². The number of methoxy groups -OCH3 is 1. The summed E-state index contributed by atoms with van der Waals surface area (Å²) in [6.07, 6.45) is 0. The fourth-order valence-corrected chi connectivity index (χ4v) is 3.84. The zero-order valence-electron chi connectivity index (χ0n) is 15.9. The Hall–Kier alpha value is -2.16. The first-order valence-electron chi connectivity index (χ1n) is 8.47. The predicted molar refractivity (Wildman–Crippen MR) is 114 cm³/mol. The van der Waals surface area contributed by atoms with E-state index in [9.17, 15) is 8.42 Å². The van der Waals surface area contributed by atoms with Gasteiger partial charge in [0, 0.05) is 19.3 Å². The Bertz CT molecular complexity index is 928. The summed E-state index contributed by atoms with van der Waals surface area (Å²) in [4.78, 5) is 0.162. The molecule has 3 N–H and O–H groups in total. The Labute approximate surface area is 166 Å². The van der Waals surface area contributed by atoms with Gasteiger partial charge in [0.25, 0.3) is 10.0 Å². The molecule has 0 unspecified atom stereocenters. The zero-order valence-corrected chi connectivity index (χ0v) is 17.6. The second-order valence-electron chi connectivity index (χ2n) is 6.27. The van der Waals surface area contributed by atoms with Crippen molar-refractivity contribution in [2.75, 3.05) is 30.3 Å². The lowest BCUT2D eigenvalue weighted by Crippen LogP contribution is -2.31. The molecule has 0 aliphatic rings. The second kappa shape index (κ2) is 9.16. The van der Waals surface area contributed by atoms with Crippen molar-refractivity contribution in [3.05, 3.63) is 53.1 Å². The van der Waals surface area contributed by atoms with Crippen LogP contribution in [0.15, 0.2) is 41.3 Å². The molecule has 146 valence electrons. The highest BCUT2D eigenvalue weighted by Crippen LogP contribution is 2.24. The van der Waals surface area contributed by atoms with E-state index in [1.54, 1.807) is 31.4 Å². The number of aryl methyl sites for hydroxylation is 3. The summed E-state index contributed by atoms with van der Waals surface area (Å²) in [5, 5.41) is 6.45. The molecule has 6 nitrogen and oxygen atoms in total. The fourth-order valence-electron chi connectivity index (χ4n) is 2.47. The molecule has 0 aliphatic heterocycles.